The minimum Gasteiger partial charge on any atom is -0.486 e. The summed E-state index contributed by atoms with van der Waals surface area (Å²) in [7, 11) is 1.95. The fourth-order valence-electron chi connectivity index (χ4n) is 2.03. The van der Waals surface area contributed by atoms with Gasteiger partial charge < -0.3 is 14.8 Å². The standard InChI is InChI=1S/C12H17BrN2O2/c1-3-16-12-10(14-2)5-11(12)17-9-4-8(13)6-15-7-9/h4,6-7,10-12,14H,3,5H2,1-2H3. The first-order valence-electron chi connectivity index (χ1n) is 5.80. The summed E-state index contributed by atoms with van der Waals surface area (Å²) in [5.74, 6) is 0.781. The molecule has 4 nitrogen and oxygen atoms in total. The summed E-state index contributed by atoms with van der Waals surface area (Å²) in [5.41, 5.74) is 0. The van der Waals surface area contributed by atoms with Crippen LogP contribution in [0.4, 0.5) is 0 Å². The van der Waals surface area contributed by atoms with Crippen LogP contribution in [0.15, 0.2) is 22.9 Å². The number of hydrogen-bond donors (Lipinski definition) is 1. The highest BCUT2D eigenvalue weighted by atomic mass is 79.9. The second-order valence-corrected chi connectivity index (χ2v) is 4.96. The zero-order valence-electron chi connectivity index (χ0n) is 10.0. The maximum Gasteiger partial charge on any atom is 0.139 e. The van der Waals surface area contributed by atoms with Crippen LogP contribution in [0.3, 0.4) is 0 Å². The van der Waals surface area contributed by atoms with Crippen LogP contribution in [0.5, 0.6) is 5.75 Å². The molecule has 1 N–H and O–H groups in total. The van der Waals surface area contributed by atoms with Crippen molar-refractivity contribution < 1.29 is 9.47 Å². The maximum atomic E-state index is 5.87. The minimum atomic E-state index is 0.114. The Hall–Kier alpha value is -0.650. The topological polar surface area (TPSA) is 43.4 Å². The van der Waals surface area contributed by atoms with Crippen molar-refractivity contribution in [2.45, 2.75) is 31.6 Å². The molecule has 1 aromatic rings. The number of hydrogen-bond acceptors (Lipinski definition) is 4. The normalized spacial score (nSPS) is 27.6. The summed E-state index contributed by atoms with van der Waals surface area (Å²) in [4.78, 5) is 4.08. The molecule has 17 heavy (non-hydrogen) atoms. The fraction of sp³-hybridized carbons (Fsp3) is 0.583. The molecule has 1 saturated carbocycles. The third-order valence-corrected chi connectivity index (χ3v) is 3.38. The highest BCUT2D eigenvalue weighted by molar-refractivity contribution is 9.10. The van der Waals surface area contributed by atoms with Crippen molar-refractivity contribution in [2.24, 2.45) is 0 Å². The Morgan fingerprint density at radius 2 is 2.35 bits per heavy atom. The van der Waals surface area contributed by atoms with Crippen molar-refractivity contribution >= 4 is 15.9 Å². The van der Waals surface area contributed by atoms with Crippen molar-refractivity contribution in [3.8, 4) is 5.75 Å². The van der Waals surface area contributed by atoms with Gasteiger partial charge in [0.25, 0.3) is 0 Å². The van der Waals surface area contributed by atoms with E-state index in [0.29, 0.717) is 12.6 Å². The Balaban J connectivity index is 1.95. The van der Waals surface area contributed by atoms with E-state index in [0.717, 1.165) is 16.6 Å². The highest BCUT2D eigenvalue weighted by Crippen LogP contribution is 2.29. The fourth-order valence-corrected chi connectivity index (χ4v) is 2.37. The van der Waals surface area contributed by atoms with Crippen molar-refractivity contribution in [1.29, 1.82) is 0 Å². The summed E-state index contributed by atoms with van der Waals surface area (Å²) in [5, 5.41) is 3.23. The molecule has 0 aromatic carbocycles. The van der Waals surface area contributed by atoms with E-state index in [1.54, 1.807) is 12.4 Å². The Labute approximate surface area is 110 Å². The number of halogens is 1. The Morgan fingerprint density at radius 3 is 3.00 bits per heavy atom. The Morgan fingerprint density at radius 1 is 1.53 bits per heavy atom. The van der Waals surface area contributed by atoms with Gasteiger partial charge in [-0.25, -0.2) is 0 Å². The minimum absolute atomic E-state index is 0.114. The molecule has 1 aliphatic rings. The Bertz CT molecular complexity index is 375. The number of likely N-dealkylation sites (N-methyl/N-ethyl adjacent to an activating group) is 1. The van der Waals surface area contributed by atoms with Crippen molar-refractivity contribution in [3.05, 3.63) is 22.9 Å². The average Bonchev–Trinajstić information content (AvgIpc) is 2.31. The quantitative estimate of drug-likeness (QED) is 0.903. The molecule has 1 fully saturated rings. The second kappa shape index (κ2) is 5.80. The summed E-state index contributed by atoms with van der Waals surface area (Å²) >= 11 is 3.38. The zero-order chi connectivity index (χ0) is 12.3. The largest absolute Gasteiger partial charge is 0.486 e. The first-order chi connectivity index (χ1) is 8.24. The van der Waals surface area contributed by atoms with Gasteiger partial charge in [0.1, 0.15) is 18.0 Å². The monoisotopic (exact) mass is 300 g/mol. The molecule has 0 bridgehead atoms. The van der Waals surface area contributed by atoms with Gasteiger partial charge in [0.2, 0.25) is 0 Å². The van der Waals surface area contributed by atoms with E-state index in [9.17, 15) is 0 Å². The van der Waals surface area contributed by atoms with Crippen LogP contribution in [-0.4, -0.2) is 36.9 Å². The second-order valence-electron chi connectivity index (χ2n) is 4.05. The first-order valence-corrected chi connectivity index (χ1v) is 6.60. The number of aromatic nitrogens is 1. The van der Waals surface area contributed by atoms with E-state index in [4.69, 9.17) is 9.47 Å². The van der Waals surface area contributed by atoms with Crippen LogP contribution in [0.2, 0.25) is 0 Å². The summed E-state index contributed by atoms with van der Waals surface area (Å²) < 4.78 is 12.5. The van der Waals surface area contributed by atoms with E-state index in [2.05, 4.69) is 26.2 Å². The lowest BCUT2D eigenvalue weighted by atomic mass is 9.85. The molecule has 1 aliphatic carbocycles. The van der Waals surface area contributed by atoms with Crippen LogP contribution in [0.25, 0.3) is 0 Å². The lowest BCUT2D eigenvalue weighted by Gasteiger charge is -2.43. The maximum absolute atomic E-state index is 5.87. The molecule has 0 spiro atoms. The predicted octanol–water partition coefficient (Wildman–Crippen LogP) is 1.99. The smallest absolute Gasteiger partial charge is 0.139 e. The molecule has 0 amide bonds. The third kappa shape index (κ3) is 2.97. The summed E-state index contributed by atoms with van der Waals surface area (Å²) in [6, 6.07) is 2.31. The molecule has 2 rings (SSSR count). The Kier molecular flexibility index (Phi) is 4.36. The van der Waals surface area contributed by atoms with Gasteiger partial charge >= 0.3 is 0 Å². The summed E-state index contributed by atoms with van der Waals surface area (Å²) in [6.07, 6.45) is 4.67. The molecular weight excluding hydrogens is 284 g/mol. The van der Waals surface area contributed by atoms with Crippen LogP contribution >= 0.6 is 15.9 Å². The number of pyridine rings is 1. The van der Waals surface area contributed by atoms with Gasteiger partial charge in [0.05, 0.1) is 6.20 Å². The lowest BCUT2D eigenvalue weighted by Crippen LogP contribution is -2.60. The SMILES string of the molecule is CCOC1C(NC)CC1Oc1cncc(Br)c1. The first kappa shape index (κ1) is 12.8. The van der Waals surface area contributed by atoms with E-state index >= 15 is 0 Å². The van der Waals surface area contributed by atoms with Gasteiger partial charge in [-0.15, -0.1) is 0 Å². The highest BCUT2D eigenvalue weighted by Gasteiger charge is 2.42. The van der Waals surface area contributed by atoms with Crippen molar-refractivity contribution in [3.63, 3.8) is 0 Å². The van der Waals surface area contributed by atoms with Crippen LogP contribution in [0.1, 0.15) is 13.3 Å². The van der Waals surface area contributed by atoms with Crippen LogP contribution in [-0.2, 0) is 4.74 Å². The van der Waals surface area contributed by atoms with Gasteiger partial charge in [-0.3, -0.25) is 4.98 Å². The zero-order valence-corrected chi connectivity index (χ0v) is 11.6. The van der Waals surface area contributed by atoms with Crippen molar-refractivity contribution in [2.75, 3.05) is 13.7 Å². The number of nitrogens with one attached hydrogen (secondary N) is 1. The number of rotatable bonds is 5. The van der Waals surface area contributed by atoms with Crippen molar-refractivity contribution in [1.82, 2.24) is 10.3 Å². The number of ether oxygens (including phenoxy) is 2. The molecule has 0 saturated heterocycles. The van der Waals surface area contributed by atoms with Gasteiger partial charge in [0, 0.05) is 29.7 Å². The molecule has 3 atom stereocenters. The predicted molar refractivity (Wildman–Crippen MR) is 69.2 cm³/mol. The molecular formula is C12H17BrN2O2. The molecule has 0 aliphatic heterocycles. The molecule has 1 aromatic heterocycles. The summed E-state index contributed by atoms with van der Waals surface area (Å²) in [6.45, 7) is 2.71. The molecule has 5 heteroatoms. The van der Waals surface area contributed by atoms with Gasteiger partial charge in [-0.2, -0.15) is 0 Å². The molecule has 0 radical (unpaired) electrons. The van der Waals surface area contributed by atoms with E-state index in [-0.39, 0.29) is 12.2 Å². The molecule has 1 heterocycles. The average molecular weight is 301 g/mol. The van der Waals surface area contributed by atoms with Crippen LogP contribution < -0.4 is 10.1 Å². The van der Waals surface area contributed by atoms with E-state index in [1.165, 1.54) is 0 Å². The van der Waals surface area contributed by atoms with E-state index < -0.39 is 0 Å². The van der Waals surface area contributed by atoms with Crippen LogP contribution in [0, 0.1) is 0 Å². The van der Waals surface area contributed by atoms with Gasteiger partial charge in [-0.1, -0.05) is 0 Å². The third-order valence-electron chi connectivity index (χ3n) is 2.95. The molecule has 3 unspecified atom stereocenters. The van der Waals surface area contributed by atoms with Gasteiger partial charge in [0.15, 0.2) is 0 Å². The molecule has 94 valence electrons. The van der Waals surface area contributed by atoms with E-state index in [1.807, 2.05) is 20.0 Å². The lowest BCUT2D eigenvalue weighted by molar-refractivity contribution is -0.103. The number of nitrogens with zero attached hydrogens (tertiary/aromatic N) is 1. The van der Waals surface area contributed by atoms with Gasteiger partial charge in [-0.05, 0) is 36.0 Å².